The Hall–Kier alpha value is -0.250. The summed E-state index contributed by atoms with van der Waals surface area (Å²) < 4.78 is 0. The second-order valence-electron chi connectivity index (χ2n) is 4.93. The quantitative estimate of drug-likeness (QED) is 0.775. The molecule has 0 spiro atoms. The van der Waals surface area contributed by atoms with Crippen LogP contribution in [0.5, 0.6) is 0 Å². The summed E-state index contributed by atoms with van der Waals surface area (Å²) in [5.41, 5.74) is 0.513. The maximum Gasteiger partial charge on any atom is 0.251 e. The van der Waals surface area contributed by atoms with Crippen molar-refractivity contribution >= 4 is 45.0 Å². The number of rotatable bonds is 3. The van der Waals surface area contributed by atoms with Gasteiger partial charge in [-0.05, 0) is 37.0 Å². The van der Waals surface area contributed by atoms with Crippen molar-refractivity contribution in [3.8, 4) is 0 Å². The van der Waals surface area contributed by atoms with Crippen molar-refractivity contribution in [2.75, 3.05) is 6.54 Å². The molecule has 1 saturated carbocycles. The van der Waals surface area contributed by atoms with E-state index in [0.29, 0.717) is 32.9 Å². The molecule has 1 fully saturated rings. The Balaban J connectivity index is 1.93. The summed E-state index contributed by atoms with van der Waals surface area (Å²) in [4.78, 5) is 12.6. The maximum absolute atomic E-state index is 12.1. The van der Waals surface area contributed by atoms with E-state index >= 15 is 0 Å². The summed E-state index contributed by atoms with van der Waals surface area (Å²) in [5.74, 6) is 0.391. The molecule has 1 amide bonds. The molecule has 1 aliphatic carbocycles. The summed E-state index contributed by atoms with van der Waals surface area (Å²) in [5, 5.41) is 3.93. The third kappa shape index (κ3) is 4.37. The molecule has 5 heteroatoms. The molecule has 19 heavy (non-hydrogen) atoms. The highest BCUT2D eigenvalue weighted by atomic mass is 79.9. The Bertz CT molecular complexity index is 447. The van der Waals surface area contributed by atoms with Crippen molar-refractivity contribution in [3.05, 3.63) is 33.8 Å². The molecular formula is C14H16BrCl2NO. The van der Waals surface area contributed by atoms with Crippen LogP contribution in [0.2, 0.25) is 10.0 Å². The molecule has 1 aromatic rings. The van der Waals surface area contributed by atoms with Gasteiger partial charge >= 0.3 is 0 Å². The van der Waals surface area contributed by atoms with Crippen LogP contribution in [-0.2, 0) is 0 Å². The highest BCUT2D eigenvalue weighted by Crippen LogP contribution is 2.29. The summed E-state index contributed by atoms with van der Waals surface area (Å²) in [6.45, 7) is 0.693. The second-order valence-corrected chi connectivity index (χ2v) is 6.98. The van der Waals surface area contributed by atoms with Gasteiger partial charge in [-0.3, -0.25) is 4.79 Å². The molecule has 104 valence electrons. The molecule has 0 radical (unpaired) electrons. The third-order valence-electron chi connectivity index (χ3n) is 3.47. The average molecular weight is 365 g/mol. The van der Waals surface area contributed by atoms with E-state index in [4.69, 9.17) is 23.2 Å². The number of halogens is 3. The zero-order valence-electron chi connectivity index (χ0n) is 10.5. The van der Waals surface area contributed by atoms with E-state index in [1.807, 2.05) is 0 Å². The van der Waals surface area contributed by atoms with Gasteiger partial charge in [0.05, 0.1) is 0 Å². The molecule has 2 nitrogen and oxygen atoms in total. The number of carbonyl (C=O) groups is 1. The summed E-state index contributed by atoms with van der Waals surface area (Å²) in [6, 6.07) is 4.89. The summed E-state index contributed by atoms with van der Waals surface area (Å²) in [6.07, 6.45) is 4.85. The van der Waals surface area contributed by atoms with Crippen LogP contribution in [0, 0.1) is 5.92 Å². The lowest BCUT2D eigenvalue weighted by atomic mass is 9.89. The fourth-order valence-corrected chi connectivity index (χ4v) is 3.70. The minimum atomic E-state index is -0.116. The van der Waals surface area contributed by atoms with E-state index in [0.717, 1.165) is 6.42 Å². The van der Waals surface area contributed by atoms with Crippen molar-refractivity contribution in [2.45, 2.75) is 30.5 Å². The predicted octanol–water partition coefficient (Wildman–Crippen LogP) is 4.68. The zero-order chi connectivity index (χ0) is 13.8. The number of carbonyl (C=O) groups excluding carboxylic acids is 1. The Labute approximate surface area is 132 Å². The molecule has 0 saturated heterocycles. The first-order valence-electron chi connectivity index (χ1n) is 6.44. The SMILES string of the molecule is O=C(NCC1CCCCC1Br)c1cc(Cl)cc(Cl)c1. The van der Waals surface area contributed by atoms with Crippen LogP contribution >= 0.6 is 39.1 Å². The monoisotopic (exact) mass is 363 g/mol. The van der Waals surface area contributed by atoms with Gasteiger partial charge in [0.1, 0.15) is 0 Å². The van der Waals surface area contributed by atoms with Crippen LogP contribution in [-0.4, -0.2) is 17.3 Å². The van der Waals surface area contributed by atoms with Gasteiger partial charge < -0.3 is 5.32 Å². The molecule has 2 rings (SSSR count). The van der Waals surface area contributed by atoms with Crippen LogP contribution in [0.25, 0.3) is 0 Å². The maximum atomic E-state index is 12.1. The molecule has 2 atom stereocenters. The standard InChI is InChI=1S/C14H16BrCl2NO/c15-13-4-2-1-3-9(13)8-18-14(19)10-5-11(16)7-12(17)6-10/h5-7,9,13H,1-4,8H2,(H,18,19). The van der Waals surface area contributed by atoms with E-state index in [-0.39, 0.29) is 5.91 Å². The molecule has 1 N–H and O–H groups in total. The molecule has 1 aromatic carbocycles. The minimum absolute atomic E-state index is 0.116. The first-order chi connectivity index (χ1) is 9.06. The van der Waals surface area contributed by atoms with Gasteiger partial charge in [-0.2, -0.15) is 0 Å². The summed E-state index contributed by atoms with van der Waals surface area (Å²) in [7, 11) is 0. The van der Waals surface area contributed by atoms with Crippen LogP contribution in [0.15, 0.2) is 18.2 Å². The van der Waals surface area contributed by atoms with Gasteiger partial charge in [0, 0.05) is 27.0 Å². The first-order valence-corrected chi connectivity index (χ1v) is 8.12. The van der Waals surface area contributed by atoms with Crippen LogP contribution < -0.4 is 5.32 Å². The highest BCUT2D eigenvalue weighted by Gasteiger charge is 2.23. The van der Waals surface area contributed by atoms with Gasteiger partial charge in [0.2, 0.25) is 0 Å². The third-order valence-corrected chi connectivity index (χ3v) is 5.11. The lowest BCUT2D eigenvalue weighted by Crippen LogP contribution is -2.34. The normalized spacial score (nSPS) is 23.1. The Morgan fingerprint density at radius 1 is 1.21 bits per heavy atom. The zero-order valence-corrected chi connectivity index (χ0v) is 13.6. The number of hydrogen-bond acceptors (Lipinski definition) is 1. The number of benzene rings is 1. The lowest BCUT2D eigenvalue weighted by molar-refractivity contribution is 0.0944. The van der Waals surface area contributed by atoms with Gasteiger partial charge in [-0.25, -0.2) is 0 Å². The smallest absolute Gasteiger partial charge is 0.251 e. The lowest BCUT2D eigenvalue weighted by Gasteiger charge is -2.27. The fourth-order valence-electron chi connectivity index (χ4n) is 2.40. The number of amides is 1. The van der Waals surface area contributed by atoms with Crippen LogP contribution in [0.3, 0.4) is 0 Å². The Morgan fingerprint density at radius 2 is 1.84 bits per heavy atom. The van der Waals surface area contributed by atoms with Crippen molar-refractivity contribution in [3.63, 3.8) is 0 Å². The van der Waals surface area contributed by atoms with E-state index < -0.39 is 0 Å². The van der Waals surface area contributed by atoms with Crippen LogP contribution in [0.4, 0.5) is 0 Å². The Morgan fingerprint density at radius 3 is 2.47 bits per heavy atom. The molecular weight excluding hydrogens is 349 g/mol. The number of alkyl halides is 1. The highest BCUT2D eigenvalue weighted by molar-refractivity contribution is 9.09. The van der Waals surface area contributed by atoms with Gasteiger partial charge in [0.15, 0.2) is 0 Å². The van der Waals surface area contributed by atoms with Crippen molar-refractivity contribution < 1.29 is 4.79 Å². The largest absolute Gasteiger partial charge is 0.352 e. The van der Waals surface area contributed by atoms with Crippen molar-refractivity contribution in [1.29, 1.82) is 0 Å². The number of nitrogens with one attached hydrogen (secondary N) is 1. The molecule has 2 unspecified atom stereocenters. The van der Waals surface area contributed by atoms with E-state index in [1.165, 1.54) is 19.3 Å². The van der Waals surface area contributed by atoms with Gasteiger partial charge in [-0.1, -0.05) is 52.0 Å². The topological polar surface area (TPSA) is 29.1 Å². The van der Waals surface area contributed by atoms with Crippen molar-refractivity contribution in [2.24, 2.45) is 5.92 Å². The number of hydrogen-bond donors (Lipinski definition) is 1. The van der Waals surface area contributed by atoms with E-state index in [9.17, 15) is 4.79 Å². The minimum Gasteiger partial charge on any atom is -0.352 e. The summed E-state index contributed by atoms with van der Waals surface area (Å²) >= 11 is 15.5. The van der Waals surface area contributed by atoms with E-state index in [2.05, 4.69) is 21.2 Å². The molecule has 0 aromatic heterocycles. The average Bonchev–Trinajstić information content (AvgIpc) is 2.36. The van der Waals surface area contributed by atoms with Gasteiger partial charge in [-0.15, -0.1) is 0 Å². The Kier molecular flexibility index (Phi) is 5.55. The molecule has 0 bridgehead atoms. The van der Waals surface area contributed by atoms with Crippen molar-refractivity contribution in [1.82, 2.24) is 5.32 Å². The molecule has 1 aliphatic rings. The second kappa shape index (κ2) is 6.96. The van der Waals surface area contributed by atoms with E-state index in [1.54, 1.807) is 18.2 Å². The molecule has 0 heterocycles. The molecule has 0 aliphatic heterocycles. The predicted molar refractivity (Wildman–Crippen MR) is 83.5 cm³/mol. The first kappa shape index (κ1) is 15.1. The van der Waals surface area contributed by atoms with Crippen LogP contribution in [0.1, 0.15) is 36.0 Å². The fraction of sp³-hybridized carbons (Fsp3) is 0.500. The van der Waals surface area contributed by atoms with Gasteiger partial charge in [0.25, 0.3) is 5.91 Å².